The summed E-state index contributed by atoms with van der Waals surface area (Å²) >= 11 is 0. The van der Waals surface area contributed by atoms with Crippen molar-refractivity contribution in [2.24, 2.45) is 0 Å². The second kappa shape index (κ2) is 6.98. The van der Waals surface area contributed by atoms with E-state index >= 15 is 0 Å². The largest absolute Gasteiger partial charge is 0.301 e. The lowest BCUT2D eigenvalue weighted by Gasteiger charge is -2.28. The molecule has 0 aromatic carbocycles. The molecule has 1 aliphatic heterocycles. The Morgan fingerprint density at radius 1 is 1.47 bits per heavy atom. The Balaban J connectivity index is 2.34. The molecule has 1 heterocycles. The molecule has 0 amide bonds. The van der Waals surface area contributed by atoms with E-state index in [0.717, 1.165) is 38.4 Å². The van der Waals surface area contributed by atoms with Gasteiger partial charge >= 0.3 is 0 Å². The molecule has 2 unspecified atom stereocenters. The Hall–Kier alpha value is -0.590. The third-order valence-electron chi connectivity index (χ3n) is 4.07. The van der Waals surface area contributed by atoms with E-state index in [0.29, 0.717) is 0 Å². The molecule has 1 rings (SSSR count). The molecule has 0 aromatic rings. The number of nitrogens with zero attached hydrogens (tertiary/aromatic N) is 2. The lowest BCUT2D eigenvalue weighted by molar-refractivity contribution is 0.248. The first-order valence-corrected chi connectivity index (χ1v) is 7.07. The summed E-state index contributed by atoms with van der Waals surface area (Å²) in [5.74, 6) is 0. The Bertz CT molecular complexity index is 259. The molecule has 0 saturated carbocycles. The molecular weight excluding hydrogens is 210 g/mol. The first-order chi connectivity index (χ1) is 8.17. The van der Waals surface area contributed by atoms with Crippen LogP contribution >= 0.6 is 0 Å². The van der Waals surface area contributed by atoms with Crippen LogP contribution in [0.5, 0.6) is 0 Å². The standard InChI is InChI=1S/C14H27N3/c1-4-14(12-15,16-5-2)9-7-11-17-10-6-8-13(17)3/h13,16H,4-11H2,1-3H3. The van der Waals surface area contributed by atoms with Gasteiger partial charge in [-0.25, -0.2) is 0 Å². The molecule has 0 spiro atoms. The highest BCUT2D eigenvalue weighted by atomic mass is 15.2. The fourth-order valence-electron chi connectivity index (χ4n) is 2.81. The minimum atomic E-state index is -0.294. The zero-order valence-corrected chi connectivity index (χ0v) is 11.6. The maximum atomic E-state index is 9.33. The minimum Gasteiger partial charge on any atom is -0.301 e. The van der Waals surface area contributed by atoms with E-state index in [1.165, 1.54) is 19.4 Å². The van der Waals surface area contributed by atoms with Gasteiger partial charge in [0.2, 0.25) is 0 Å². The van der Waals surface area contributed by atoms with Crippen LogP contribution in [0.15, 0.2) is 0 Å². The van der Waals surface area contributed by atoms with Crippen LogP contribution in [0.2, 0.25) is 0 Å². The fraction of sp³-hybridized carbons (Fsp3) is 0.929. The Kier molecular flexibility index (Phi) is 5.94. The maximum absolute atomic E-state index is 9.33. The number of rotatable bonds is 7. The van der Waals surface area contributed by atoms with Crippen LogP contribution in [0.3, 0.4) is 0 Å². The predicted octanol–water partition coefficient (Wildman–Crippen LogP) is 2.53. The highest BCUT2D eigenvalue weighted by Gasteiger charge is 2.27. The van der Waals surface area contributed by atoms with Gasteiger partial charge in [0.15, 0.2) is 0 Å². The van der Waals surface area contributed by atoms with Gasteiger partial charge in [-0.05, 0) is 58.7 Å². The van der Waals surface area contributed by atoms with E-state index in [9.17, 15) is 5.26 Å². The minimum absolute atomic E-state index is 0.294. The van der Waals surface area contributed by atoms with Crippen LogP contribution in [-0.4, -0.2) is 36.1 Å². The van der Waals surface area contributed by atoms with Crippen molar-refractivity contribution >= 4 is 0 Å². The summed E-state index contributed by atoms with van der Waals surface area (Å²) in [6, 6.07) is 3.22. The van der Waals surface area contributed by atoms with Gasteiger partial charge in [-0.15, -0.1) is 0 Å². The van der Waals surface area contributed by atoms with Crippen LogP contribution in [0.25, 0.3) is 0 Å². The molecule has 1 saturated heterocycles. The van der Waals surface area contributed by atoms with Crippen molar-refractivity contribution in [2.45, 2.75) is 64.5 Å². The third-order valence-corrected chi connectivity index (χ3v) is 4.07. The van der Waals surface area contributed by atoms with E-state index in [2.05, 4.69) is 37.1 Å². The summed E-state index contributed by atoms with van der Waals surface area (Å²) in [7, 11) is 0. The molecule has 1 fully saturated rings. The lowest BCUT2D eigenvalue weighted by atomic mass is 9.92. The smallest absolute Gasteiger partial charge is 0.106 e. The van der Waals surface area contributed by atoms with Gasteiger partial charge in [0.1, 0.15) is 5.54 Å². The average Bonchev–Trinajstić information content (AvgIpc) is 2.74. The second-order valence-electron chi connectivity index (χ2n) is 5.21. The summed E-state index contributed by atoms with van der Waals surface area (Å²) < 4.78 is 0. The first kappa shape index (κ1) is 14.5. The maximum Gasteiger partial charge on any atom is 0.106 e. The van der Waals surface area contributed by atoms with Crippen LogP contribution < -0.4 is 5.32 Å². The molecule has 17 heavy (non-hydrogen) atoms. The third kappa shape index (κ3) is 3.97. The van der Waals surface area contributed by atoms with Gasteiger partial charge in [0, 0.05) is 6.04 Å². The van der Waals surface area contributed by atoms with E-state index in [-0.39, 0.29) is 5.54 Å². The van der Waals surface area contributed by atoms with Crippen molar-refractivity contribution in [3.05, 3.63) is 0 Å². The van der Waals surface area contributed by atoms with Crippen LogP contribution in [0.1, 0.15) is 52.9 Å². The first-order valence-electron chi connectivity index (χ1n) is 7.07. The number of nitrogens with one attached hydrogen (secondary N) is 1. The van der Waals surface area contributed by atoms with Crippen molar-refractivity contribution < 1.29 is 0 Å². The van der Waals surface area contributed by atoms with Crippen molar-refractivity contribution in [3.63, 3.8) is 0 Å². The summed E-state index contributed by atoms with van der Waals surface area (Å²) in [4.78, 5) is 2.56. The summed E-state index contributed by atoms with van der Waals surface area (Å²) in [5, 5.41) is 12.7. The number of nitriles is 1. The van der Waals surface area contributed by atoms with Gasteiger partial charge in [0.05, 0.1) is 6.07 Å². The summed E-state index contributed by atoms with van der Waals surface area (Å²) in [6.07, 6.45) is 5.67. The highest BCUT2D eigenvalue weighted by Crippen LogP contribution is 2.20. The fourth-order valence-corrected chi connectivity index (χ4v) is 2.81. The zero-order chi connectivity index (χ0) is 12.7. The van der Waals surface area contributed by atoms with E-state index in [4.69, 9.17) is 0 Å². The molecule has 98 valence electrons. The Morgan fingerprint density at radius 2 is 2.24 bits per heavy atom. The monoisotopic (exact) mass is 237 g/mol. The van der Waals surface area contributed by atoms with Crippen LogP contribution in [-0.2, 0) is 0 Å². The Labute approximate surface area is 106 Å². The van der Waals surface area contributed by atoms with E-state index in [1.54, 1.807) is 0 Å². The molecule has 1 aliphatic rings. The van der Waals surface area contributed by atoms with Gasteiger partial charge < -0.3 is 4.90 Å². The average molecular weight is 237 g/mol. The summed E-state index contributed by atoms with van der Waals surface area (Å²) in [6.45, 7) is 9.76. The molecule has 0 aliphatic carbocycles. The molecule has 3 heteroatoms. The van der Waals surface area contributed by atoms with Crippen molar-refractivity contribution in [1.82, 2.24) is 10.2 Å². The highest BCUT2D eigenvalue weighted by molar-refractivity contribution is 5.06. The molecular formula is C14H27N3. The Morgan fingerprint density at radius 3 is 2.71 bits per heavy atom. The van der Waals surface area contributed by atoms with Gasteiger partial charge in [-0.1, -0.05) is 13.8 Å². The molecule has 2 atom stereocenters. The SMILES string of the molecule is CCNC(C#N)(CC)CCCN1CCCC1C. The molecule has 3 nitrogen and oxygen atoms in total. The predicted molar refractivity (Wildman–Crippen MR) is 71.8 cm³/mol. The number of likely N-dealkylation sites (tertiary alicyclic amines) is 1. The quantitative estimate of drug-likeness (QED) is 0.739. The van der Waals surface area contributed by atoms with Crippen LogP contribution in [0.4, 0.5) is 0 Å². The van der Waals surface area contributed by atoms with Gasteiger partial charge in [0.25, 0.3) is 0 Å². The molecule has 0 aromatic heterocycles. The summed E-state index contributed by atoms with van der Waals surface area (Å²) in [5.41, 5.74) is -0.294. The van der Waals surface area contributed by atoms with Gasteiger partial charge in [-0.3, -0.25) is 5.32 Å². The number of hydrogen-bond donors (Lipinski definition) is 1. The van der Waals surface area contributed by atoms with E-state index < -0.39 is 0 Å². The van der Waals surface area contributed by atoms with Crippen molar-refractivity contribution in [2.75, 3.05) is 19.6 Å². The van der Waals surface area contributed by atoms with Gasteiger partial charge in [-0.2, -0.15) is 5.26 Å². The molecule has 0 bridgehead atoms. The topological polar surface area (TPSA) is 39.1 Å². The normalized spacial score (nSPS) is 24.5. The second-order valence-corrected chi connectivity index (χ2v) is 5.21. The van der Waals surface area contributed by atoms with Crippen LogP contribution in [0, 0.1) is 11.3 Å². The van der Waals surface area contributed by atoms with Crippen molar-refractivity contribution in [1.29, 1.82) is 5.26 Å². The van der Waals surface area contributed by atoms with Crippen molar-refractivity contribution in [3.8, 4) is 6.07 Å². The lowest BCUT2D eigenvalue weighted by Crippen LogP contribution is -2.44. The number of hydrogen-bond acceptors (Lipinski definition) is 3. The molecule has 1 N–H and O–H groups in total. The van der Waals surface area contributed by atoms with E-state index in [1.807, 2.05) is 0 Å². The molecule has 0 radical (unpaired) electrons. The zero-order valence-electron chi connectivity index (χ0n) is 11.6.